The summed E-state index contributed by atoms with van der Waals surface area (Å²) in [6.07, 6.45) is 35.3. The van der Waals surface area contributed by atoms with Crippen molar-refractivity contribution < 1.29 is 50.0 Å². The minimum atomic E-state index is -1.66. The highest BCUT2D eigenvalue weighted by Crippen LogP contribution is 2.23. The standard InChI is InChI=1S/C51H99NO10/c1-3-5-7-9-10-11-12-13-14-15-16-17-18-19-20-21-22-23-24-25-26-27-28-29-30-31-32-33-34-35-37-39-44(55)50(60)52-42(46(56)43(54)38-36-8-6-4-2)41-61-51-49(59)48(58)47(57)45(40-53)62-51/h19-20,42-49,51,53-59H,3-18,21-41H2,1-2H3,(H,52,60)/b20-19-. The Morgan fingerprint density at radius 3 is 1.37 bits per heavy atom. The van der Waals surface area contributed by atoms with Gasteiger partial charge in [0.1, 0.15) is 36.6 Å². The summed E-state index contributed by atoms with van der Waals surface area (Å²) in [5.74, 6) is -0.701. The molecule has 8 N–H and O–H groups in total. The van der Waals surface area contributed by atoms with Crippen molar-refractivity contribution >= 4 is 5.91 Å². The van der Waals surface area contributed by atoms with E-state index in [1.165, 1.54) is 161 Å². The van der Waals surface area contributed by atoms with Gasteiger partial charge in [-0.2, -0.15) is 0 Å². The van der Waals surface area contributed by atoms with E-state index in [-0.39, 0.29) is 6.42 Å². The molecular formula is C51H99NO10. The summed E-state index contributed by atoms with van der Waals surface area (Å²) in [6, 6.07) is -1.16. The van der Waals surface area contributed by atoms with Crippen LogP contribution >= 0.6 is 0 Å². The smallest absolute Gasteiger partial charge is 0.249 e. The van der Waals surface area contributed by atoms with Crippen LogP contribution in [0.4, 0.5) is 0 Å². The van der Waals surface area contributed by atoms with Gasteiger partial charge in [-0.25, -0.2) is 0 Å². The van der Waals surface area contributed by atoms with Crippen molar-refractivity contribution in [3.05, 3.63) is 12.2 Å². The van der Waals surface area contributed by atoms with Gasteiger partial charge in [0.15, 0.2) is 6.29 Å². The van der Waals surface area contributed by atoms with Gasteiger partial charge in [-0.15, -0.1) is 0 Å². The minimum Gasteiger partial charge on any atom is -0.394 e. The summed E-state index contributed by atoms with van der Waals surface area (Å²) < 4.78 is 11.0. The van der Waals surface area contributed by atoms with Crippen molar-refractivity contribution in [3.8, 4) is 0 Å². The number of amides is 1. The number of rotatable bonds is 44. The maximum Gasteiger partial charge on any atom is 0.249 e. The van der Waals surface area contributed by atoms with E-state index in [0.717, 1.165) is 38.5 Å². The van der Waals surface area contributed by atoms with E-state index in [2.05, 4.69) is 31.3 Å². The third-order valence-corrected chi connectivity index (χ3v) is 12.8. The van der Waals surface area contributed by atoms with E-state index in [0.29, 0.717) is 19.3 Å². The van der Waals surface area contributed by atoms with Crippen molar-refractivity contribution in [3.63, 3.8) is 0 Å². The molecule has 0 bridgehead atoms. The predicted octanol–water partition coefficient (Wildman–Crippen LogP) is 9.62. The molecule has 9 atom stereocenters. The molecular weight excluding hydrogens is 787 g/mol. The zero-order valence-electron chi connectivity index (χ0n) is 39.9. The Morgan fingerprint density at radius 1 is 0.548 bits per heavy atom. The van der Waals surface area contributed by atoms with Gasteiger partial charge in [-0.05, 0) is 38.5 Å². The quantitative estimate of drug-likeness (QED) is 0.0216. The molecule has 0 aromatic carbocycles. The second kappa shape index (κ2) is 41.3. The maximum atomic E-state index is 13.0. The zero-order chi connectivity index (χ0) is 45.5. The molecule has 0 aromatic heterocycles. The van der Waals surface area contributed by atoms with Gasteiger partial charge in [0.2, 0.25) is 5.91 Å². The van der Waals surface area contributed by atoms with Crippen molar-refractivity contribution in [2.75, 3.05) is 13.2 Å². The molecule has 1 amide bonds. The second-order valence-corrected chi connectivity index (χ2v) is 18.6. The fraction of sp³-hybridized carbons (Fsp3) is 0.941. The minimum absolute atomic E-state index is 0.262. The largest absolute Gasteiger partial charge is 0.394 e. The number of aliphatic hydroxyl groups excluding tert-OH is 7. The number of carbonyl (C=O) groups is 1. The van der Waals surface area contributed by atoms with Gasteiger partial charge < -0.3 is 50.5 Å². The van der Waals surface area contributed by atoms with Crippen LogP contribution in [0.15, 0.2) is 12.2 Å². The summed E-state index contributed by atoms with van der Waals surface area (Å²) in [4.78, 5) is 13.0. The number of nitrogens with one attached hydrogen (secondary N) is 1. The summed E-state index contributed by atoms with van der Waals surface area (Å²) in [7, 11) is 0. The fourth-order valence-electron chi connectivity index (χ4n) is 8.50. The summed E-state index contributed by atoms with van der Waals surface area (Å²) in [5, 5.41) is 75.0. The van der Waals surface area contributed by atoms with E-state index in [1.807, 2.05) is 0 Å². The number of aliphatic hydroxyl groups is 7. The van der Waals surface area contributed by atoms with Crippen molar-refractivity contribution in [2.24, 2.45) is 0 Å². The van der Waals surface area contributed by atoms with Crippen LogP contribution in [0.2, 0.25) is 0 Å². The van der Waals surface area contributed by atoms with Crippen LogP contribution in [0.1, 0.15) is 239 Å². The van der Waals surface area contributed by atoms with E-state index < -0.39 is 74.2 Å². The molecule has 1 aliphatic rings. The van der Waals surface area contributed by atoms with Crippen LogP contribution in [-0.2, 0) is 14.3 Å². The normalized spacial score (nSPS) is 21.3. The molecule has 0 aromatic rings. The van der Waals surface area contributed by atoms with Crippen LogP contribution in [0.5, 0.6) is 0 Å². The first-order valence-corrected chi connectivity index (χ1v) is 26.1. The van der Waals surface area contributed by atoms with Crippen LogP contribution in [-0.4, -0.2) is 110 Å². The molecule has 0 radical (unpaired) electrons. The Hall–Kier alpha value is -1.15. The molecule has 9 unspecified atom stereocenters. The molecule has 1 rings (SSSR count). The highest BCUT2D eigenvalue weighted by Gasteiger charge is 2.44. The first-order chi connectivity index (χ1) is 30.2. The number of unbranched alkanes of at least 4 members (excludes halogenated alkanes) is 30. The molecule has 368 valence electrons. The molecule has 0 saturated carbocycles. The van der Waals surface area contributed by atoms with E-state index in [9.17, 15) is 40.5 Å². The van der Waals surface area contributed by atoms with Crippen LogP contribution < -0.4 is 5.32 Å². The Labute approximate surface area is 379 Å². The Morgan fingerprint density at radius 2 is 0.935 bits per heavy atom. The average Bonchev–Trinajstić information content (AvgIpc) is 3.27. The van der Waals surface area contributed by atoms with Gasteiger partial charge >= 0.3 is 0 Å². The fourth-order valence-corrected chi connectivity index (χ4v) is 8.50. The number of hydrogen-bond acceptors (Lipinski definition) is 10. The SMILES string of the molecule is CCCCCCCCCCCCCC/C=C\CCCCCCCCCCCCCCCCCC(O)C(=O)NC(COC1OC(CO)C(O)C(O)C1O)C(O)C(O)CCCCCC. The van der Waals surface area contributed by atoms with Crippen molar-refractivity contribution in [1.82, 2.24) is 5.32 Å². The first-order valence-electron chi connectivity index (χ1n) is 26.1. The Bertz CT molecular complexity index is 1020. The topological polar surface area (TPSA) is 189 Å². The van der Waals surface area contributed by atoms with Crippen LogP contribution in [0.25, 0.3) is 0 Å². The lowest BCUT2D eigenvalue weighted by Crippen LogP contribution is -2.60. The van der Waals surface area contributed by atoms with Crippen molar-refractivity contribution in [1.29, 1.82) is 0 Å². The van der Waals surface area contributed by atoms with Crippen molar-refractivity contribution in [2.45, 2.75) is 294 Å². The van der Waals surface area contributed by atoms with Crippen LogP contribution in [0.3, 0.4) is 0 Å². The molecule has 11 nitrogen and oxygen atoms in total. The monoisotopic (exact) mass is 886 g/mol. The molecule has 1 fully saturated rings. The summed E-state index contributed by atoms with van der Waals surface area (Å²) in [5.41, 5.74) is 0. The molecule has 0 spiro atoms. The lowest BCUT2D eigenvalue weighted by Gasteiger charge is -2.40. The predicted molar refractivity (Wildman–Crippen MR) is 252 cm³/mol. The average molecular weight is 886 g/mol. The third kappa shape index (κ3) is 30.1. The van der Waals surface area contributed by atoms with E-state index in [1.54, 1.807) is 0 Å². The van der Waals surface area contributed by atoms with Gasteiger partial charge in [0.25, 0.3) is 0 Å². The molecule has 11 heteroatoms. The number of carbonyl (C=O) groups excluding carboxylic acids is 1. The lowest BCUT2D eigenvalue weighted by molar-refractivity contribution is -0.303. The molecule has 62 heavy (non-hydrogen) atoms. The highest BCUT2D eigenvalue weighted by molar-refractivity contribution is 5.80. The summed E-state index contributed by atoms with van der Waals surface area (Å²) >= 11 is 0. The van der Waals surface area contributed by atoms with Gasteiger partial charge in [0, 0.05) is 0 Å². The Balaban J connectivity index is 2.09. The molecule has 1 heterocycles. The molecule has 1 saturated heterocycles. The van der Waals surface area contributed by atoms with E-state index in [4.69, 9.17) is 9.47 Å². The van der Waals surface area contributed by atoms with Gasteiger partial charge in [-0.3, -0.25) is 4.79 Å². The zero-order valence-corrected chi connectivity index (χ0v) is 39.9. The van der Waals surface area contributed by atoms with E-state index >= 15 is 0 Å². The number of allylic oxidation sites excluding steroid dienone is 2. The number of ether oxygens (including phenoxy) is 2. The second-order valence-electron chi connectivity index (χ2n) is 18.6. The first kappa shape index (κ1) is 58.9. The van der Waals surface area contributed by atoms with Crippen LogP contribution in [0, 0.1) is 0 Å². The maximum absolute atomic E-state index is 13.0. The number of hydrogen-bond donors (Lipinski definition) is 8. The Kier molecular flexibility index (Phi) is 39.2. The summed E-state index contributed by atoms with van der Waals surface area (Å²) in [6.45, 7) is 3.30. The molecule has 0 aliphatic carbocycles. The van der Waals surface area contributed by atoms with Gasteiger partial charge in [0.05, 0.1) is 25.4 Å². The van der Waals surface area contributed by atoms with Gasteiger partial charge in [-0.1, -0.05) is 212 Å². The lowest BCUT2D eigenvalue weighted by atomic mass is 9.98. The molecule has 1 aliphatic heterocycles. The highest BCUT2D eigenvalue weighted by atomic mass is 16.7. The third-order valence-electron chi connectivity index (χ3n) is 12.8.